The number of hydrogen-bond donors (Lipinski definition) is 1. The van der Waals surface area contributed by atoms with Crippen molar-refractivity contribution in [1.29, 1.82) is 0 Å². The minimum absolute atomic E-state index is 0.271. The first kappa shape index (κ1) is 19.1. The first-order chi connectivity index (χ1) is 12.8. The highest BCUT2D eigenvalue weighted by atomic mass is 35.5. The molecule has 6 nitrogen and oxygen atoms in total. The number of carbonyl (C=O) groups is 3. The number of hydrogen-bond acceptors (Lipinski definition) is 3. The van der Waals surface area contributed by atoms with Gasteiger partial charge in [0, 0.05) is 10.7 Å². The van der Waals surface area contributed by atoms with Crippen molar-refractivity contribution in [2.75, 3.05) is 16.8 Å². The van der Waals surface area contributed by atoms with Crippen LogP contribution in [0.4, 0.5) is 20.6 Å². The van der Waals surface area contributed by atoms with Crippen LogP contribution in [-0.4, -0.2) is 35.3 Å². The lowest BCUT2D eigenvalue weighted by molar-refractivity contribution is -0.130. The smallest absolute Gasteiger partial charge is 0.323 e. The lowest BCUT2D eigenvalue weighted by Crippen LogP contribution is -2.39. The van der Waals surface area contributed by atoms with E-state index in [1.54, 1.807) is 6.07 Å². The van der Waals surface area contributed by atoms with Crippen LogP contribution in [0.2, 0.25) is 10.0 Å². The van der Waals surface area contributed by atoms with Gasteiger partial charge in [0.1, 0.15) is 18.4 Å². The van der Waals surface area contributed by atoms with Crippen LogP contribution in [0.1, 0.15) is 6.92 Å². The predicted octanol–water partition coefficient (Wildman–Crippen LogP) is 3.93. The summed E-state index contributed by atoms with van der Waals surface area (Å²) in [6, 6.07) is 8.24. The molecule has 2 aromatic rings. The molecule has 9 heteroatoms. The summed E-state index contributed by atoms with van der Waals surface area (Å²) in [6.07, 6.45) is 0. The molecule has 2 aromatic carbocycles. The Hall–Kier alpha value is -2.64. The highest BCUT2D eigenvalue weighted by molar-refractivity contribution is 6.35. The standard InChI is InChI=1S/C18H14Cl2FN3O3/c1-10-17(26)23(18(27)24(10)13-5-3-12(21)4-6-13)9-16(25)22-15-8-11(19)2-7-14(15)20/h2-8,10H,9H2,1H3,(H,22,25). The SMILES string of the molecule is CC1C(=O)N(CC(=O)Nc2cc(Cl)ccc2Cl)C(=O)N1c1ccc(F)cc1. The fourth-order valence-corrected chi connectivity index (χ4v) is 3.07. The molecule has 0 saturated carbocycles. The molecule has 1 N–H and O–H groups in total. The number of rotatable bonds is 4. The molecule has 0 bridgehead atoms. The Morgan fingerprint density at radius 1 is 1.15 bits per heavy atom. The van der Waals surface area contributed by atoms with Gasteiger partial charge in [-0.1, -0.05) is 23.2 Å². The van der Waals surface area contributed by atoms with Gasteiger partial charge in [-0.3, -0.25) is 19.4 Å². The van der Waals surface area contributed by atoms with Crippen molar-refractivity contribution >= 4 is 52.4 Å². The zero-order valence-electron chi connectivity index (χ0n) is 14.1. The largest absolute Gasteiger partial charge is 0.332 e. The number of urea groups is 1. The summed E-state index contributed by atoms with van der Waals surface area (Å²) in [7, 11) is 0. The molecule has 1 atom stereocenters. The molecule has 1 aliphatic heterocycles. The van der Waals surface area contributed by atoms with Gasteiger partial charge < -0.3 is 5.32 Å². The Kier molecular flexibility index (Phi) is 5.34. The fraction of sp³-hybridized carbons (Fsp3) is 0.167. The second-order valence-corrected chi connectivity index (χ2v) is 6.75. The zero-order valence-corrected chi connectivity index (χ0v) is 15.6. The Labute approximate surface area is 164 Å². The molecule has 1 heterocycles. The maximum absolute atomic E-state index is 13.1. The molecule has 0 aliphatic carbocycles. The highest BCUT2D eigenvalue weighted by Crippen LogP contribution is 2.27. The first-order valence-electron chi connectivity index (χ1n) is 7.93. The van der Waals surface area contributed by atoms with Crippen molar-refractivity contribution in [2.45, 2.75) is 13.0 Å². The Morgan fingerprint density at radius 2 is 1.81 bits per heavy atom. The monoisotopic (exact) mass is 409 g/mol. The topological polar surface area (TPSA) is 69.7 Å². The van der Waals surface area contributed by atoms with Crippen molar-refractivity contribution in [1.82, 2.24) is 4.90 Å². The molecule has 1 fully saturated rings. The number of carbonyl (C=O) groups excluding carboxylic acids is 3. The summed E-state index contributed by atoms with van der Waals surface area (Å²) in [5.41, 5.74) is 0.639. The minimum atomic E-state index is -0.814. The van der Waals surface area contributed by atoms with Gasteiger partial charge in [-0.05, 0) is 49.4 Å². The first-order valence-corrected chi connectivity index (χ1v) is 8.68. The van der Waals surface area contributed by atoms with E-state index >= 15 is 0 Å². The van der Waals surface area contributed by atoms with Gasteiger partial charge in [-0.15, -0.1) is 0 Å². The molecule has 140 valence electrons. The van der Waals surface area contributed by atoms with Gasteiger partial charge >= 0.3 is 6.03 Å². The average Bonchev–Trinajstić information content (AvgIpc) is 2.83. The van der Waals surface area contributed by atoms with Crippen molar-refractivity contribution < 1.29 is 18.8 Å². The average molecular weight is 410 g/mol. The second kappa shape index (κ2) is 7.54. The van der Waals surface area contributed by atoms with Crippen LogP contribution in [0.15, 0.2) is 42.5 Å². The number of imide groups is 1. The fourth-order valence-electron chi connectivity index (χ4n) is 2.73. The zero-order chi connectivity index (χ0) is 19.7. The van der Waals surface area contributed by atoms with Gasteiger partial charge in [0.15, 0.2) is 0 Å². The van der Waals surface area contributed by atoms with Gasteiger partial charge in [0.2, 0.25) is 5.91 Å². The van der Waals surface area contributed by atoms with E-state index < -0.39 is 36.2 Å². The maximum atomic E-state index is 13.1. The summed E-state index contributed by atoms with van der Waals surface area (Å²) < 4.78 is 13.1. The predicted molar refractivity (Wildman–Crippen MR) is 101 cm³/mol. The quantitative estimate of drug-likeness (QED) is 0.777. The normalized spacial score (nSPS) is 16.8. The number of anilines is 2. The molecule has 4 amide bonds. The van der Waals surface area contributed by atoms with Gasteiger partial charge in [0.05, 0.1) is 10.7 Å². The maximum Gasteiger partial charge on any atom is 0.332 e. The third kappa shape index (κ3) is 3.89. The Bertz CT molecular complexity index is 921. The van der Waals surface area contributed by atoms with E-state index in [0.717, 1.165) is 4.90 Å². The van der Waals surface area contributed by atoms with E-state index in [1.165, 1.54) is 48.2 Å². The van der Waals surface area contributed by atoms with Crippen molar-refractivity contribution in [2.24, 2.45) is 0 Å². The van der Waals surface area contributed by atoms with Gasteiger partial charge in [-0.2, -0.15) is 0 Å². The molecule has 3 rings (SSSR count). The van der Waals surface area contributed by atoms with Crippen molar-refractivity contribution in [3.8, 4) is 0 Å². The summed E-state index contributed by atoms with van der Waals surface area (Å²) in [4.78, 5) is 39.4. The van der Waals surface area contributed by atoms with Gasteiger partial charge in [0.25, 0.3) is 5.91 Å². The molecule has 0 aromatic heterocycles. The van der Waals surface area contributed by atoms with Crippen LogP contribution in [0.5, 0.6) is 0 Å². The minimum Gasteiger partial charge on any atom is -0.323 e. The number of amides is 4. The molecule has 0 spiro atoms. The van der Waals surface area contributed by atoms with Crippen LogP contribution in [0, 0.1) is 5.82 Å². The molecule has 1 aliphatic rings. The Balaban J connectivity index is 1.75. The molecule has 27 heavy (non-hydrogen) atoms. The number of halogens is 3. The third-order valence-corrected chi connectivity index (χ3v) is 4.62. The molecule has 1 unspecified atom stereocenters. The van der Waals surface area contributed by atoms with E-state index in [9.17, 15) is 18.8 Å². The van der Waals surface area contributed by atoms with E-state index in [-0.39, 0.29) is 10.7 Å². The molecular weight excluding hydrogens is 396 g/mol. The second-order valence-electron chi connectivity index (χ2n) is 5.90. The Morgan fingerprint density at radius 3 is 2.48 bits per heavy atom. The van der Waals surface area contributed by atoms with Crippen LogP contribution in [0.3, 0.4) is 0 Å². The van der Waals surface area contributed by atoms with Crippen LogP contribution in [-0.2, 0) is 9.59 Å². The van der Waals surface area contributed by atoms with Gasteiger partial charge in [-0.25, -0.2) is 9.18 Å². The van der Waals surface area contributed by atoms with E-state index in [1.807, 2.05) is 0 Å². The van der Waals surface area contributed by atoms with Crippen LogP contribution in [0.25, 0.3) is 0 Å². The van der Waals surface area contributed by atoms with Crippen LogP contribution < -0.4 is 10.2 Å². The summed E-state index contributed by atoms with van der Waals surface area (Å²) in [6.45, 7) is 1.05. The van der Waals surface area contributed by atoms with Crippen molar-refractivity contribution in [3.05, 3.63) is 58.3 Å². The van der Waals surface area contributed by atoms with E-state index in [4.69, 9.17) is 23.2 Å². The van der Waals surface area contributed by atoms with Crippen LogP contribution >= 0.6 is 23.2 Å². The molecule has 1 saturated heterocycles. The molecule has 0 radical (unpaired) electrons. The number of nitrogens with one attached hydrogen (secondary N) is 1. The lowest BCUT2D eigenvalue weighted by Gasteiger charge is -2.19. The van der Waals surface area contributed by atoms with E-state index in [0.29, 0.717) is 10.7 Å². The highest BCUT2D eigenvalue weighted by Gasteiger charge is 2.44. The molecular formula is C18H14Cl2FN3O3. The van der Waals surface area contributed by atoms with Crippen molar-refractivity contribution in [3.63, 3.8) is 0 Å². The number of nitrogens with zero attached hydrogens (tertiary/aromatic N) is 2. The summed E-state index contributed by atoms with van der Waals surface area (Å²) in [5.74, 6) is -1.59. The summed E-state index contributed by atoms with van der Waals surface area (Å²) >= 11 is 11.9. The summed E-state index contributed by atoms with van der Waals surface area (Å²) in [5, 5.41) is 3.17. The third-order valence-electron chi connectivity index (χ3n) is 4.06. The van der Waals surface area contributed by atoms with E-state index in [2.05, 4.69) is 5.32 Å². The lowest BCUT2D eigenvalue weighted by atomic mass is 10.2. The number of benzene rings is 2.